The third kappa shape index (κ3) is 7.74. The maximum atomic E-state index is 5.51. The summed E-state index contributed by atoms with van der Waals surface area (Å²) in [6.07, 6.45) is 1.68. The lowest BCUT2D eigenvalue weighted by Crippen LogP contribution is -2.12. The van der Waals surface area contributed by atoms with Gasteiger partial charge in [-0.2, -0.15) is 0 Å². The minimum Gasteiger partial charge on any atom is -0.491 e. The molecule has 0 amide bonds. The number of nitrogens with zero attached hydrogens (tertiary/aromatic N) is 1. The first kappa shape index (κ1) is 15.8. The maximum Gasteiger partial charge on any atom is 0.122 e. The van der Waals surface area contributed by atoms with Crippen molar-refractivity contribution >= 4 is 0 Å². The van der Waals surface area contributed by atoms with Gasteiger partial charge in [0.25, 0.3) is 0 Å². The van der Waals surface area contributed by atoms with Gasteiger partial charge in [0.05, 0.1) is 38.7 Å². The van der Waals surface area contributed by atoms with Gasteiger partial charge in [-0.1, -0.05) is 0 Å². The van der Waals surface area contributed by atoms with Crippen LogP contribution in [-0.4, -0.2) is 51.7 Å². The summed E-state index contributed by atoms with van der Waals surface area (Å²) >= 11 is 0. The highest BCUT2D eigenvalue weighted by atomic mass is 16.6. The Morgan fingerprint density at radius 3 is 2.42 bits per heavy atom. The standard InChI is InChI=1S/C13H22N2O4/c1-16-4-5-17-6-7-18-8-9-19-13-2-3-15-12(10-13)11-14/h2-3,10H,4-9,11,14H2,1H3. The van der Waals surface area contributed by atoms with Crippen LogP contribution in [0.5, 0.6) is 5.75 Å². The molecule has 0 spiro atoms. The topological polar surface area (TPSA) is 75.8 Å². The molecule has 0 saturated carbocycles. The Kier molecular flexibility index (Phi) is 8.91. The molecule has 6 heteroatoms. The summed E-state index contributed by atoms with van der Waals surface area (Å²) in [6.45, 7) is 3.74. The zero-order valence-electron chi connectivity index (χ0n) is 11.3. The Hall–Kier alpha value is -1.21. The van der Waals surface area contributed by atoms with E-state index in [0.717, 1.165) is 11.4 Å². The Morgan fingerprint density at radius 1 is 1.05 bits per heavy atom. The maximum absolute atomic E-state index is 5.51. The van der Waals surface area contributed by atoms with Crippen molar-refractivity contribution < 1.29 is 18.9 Å². The van der Waals surface area contributed by atoms with Gasteiger partial charge in [-0.15, -0.1) is 0 Å². The van der Waals surface area contributed by atoms with Crippen molar-refractivity contribution in [1.82, 2.24) is 4.98 Å². The number of ether oxygens (including phenoxy) is 4. The molecule has 0 radical (unpaired) electrons. The normalized spacial score (nSPS) is 10.6. The Bertz CT molecular complexity index is 336. The zero-order valence-corrected chi connectivity index (χ0v) is 11.3. The molecule has 0 bridgehead atoms. The molecular formula is C13H22N2O4. The van der Waals surface area contributed by atoms with Crippen molar-refractivity contribution in [1.29, 1.82) is 0 Å². The highest BCUT2D eigenvalue weighted by molar-refractivity contribution is 5.22. The monoisotopic (exact) mass is 270 g/mol. The fourth-order valence-electron chi connectivity index (χ4n) is 1.34. The lowest BCUT2D eigenvalue weighted by molar-refractivity contribution is 0.0179. The zero-order chi connectivity index (χ0) is 13.8. The third-order valence-corrected chi connectivity index (χ3v) is 2.30. The molecule has 0 atom stereocenters. The van der Waals surface area contributed by atoms with Gasteiger partial charge in [-0.05, 0) is 6.07 Å². The van der Waals surface area contributed by atoms with Crippen molar-refractivity contribution in [3.63, 3.8) is 0 Å². The van der Waals surface area contributed by atoms with Crippen molar-refractivity contribution in [2.24, 2.45) is 5.73 Å². The predicted octanol–water partition coefficient (Wildman–Crippen LogP) is 0.599. The fourth-order valence-corrected chi connectivity index (χ4v) is 1.34. The molecule has 2 N–H and O–H groups in total. The molecule has 0 saturated heterocycles. The van der Waals surface area contributed by atoms with Gasteiger partial charge in [0.1, 0.15) is 12.4 Å². The van der Waals surface area contributed by atoms with E-state index in [2.05, 4.69) is 4.98 Å². The molecule has 1 heterocycles. The SMILES string of the molecule is COCCOCCOCCOc1ccnc(CN)c1. The first-order chi connectivity index (χ1) is 9.36. The second-order valence-electron chi connectivity index (χ2n) is 3.75. The Morgan fingerprint density at radius 2 is 1.74 bits per heavy atom. The number of pyridine rings is 1. The molecule has 0 aliphatic rings. The van der Waals surface area contributed by atoms with Crippen LogP contribution in [0.25, 0.3) is 0 Å². The van der Waals surface area contributed by atoms with Crippen LogP contribution < -0.4 is 10.5 Å². The molecular weight excluding hydrogens is 248 g/mol. The molecule has 0 aliphatic carbocycles. The minimum atomic E-state index is 0.409. The molecule has 0 fully saturated rings. The Balaban J connectivity index is 1.98. The number of hydrogen-bond acceptors (Lipinski definition) is 6. The van der Waals surface area contributed by atoms with Gasteiger partial charge < -0.3 is 24.7 Å². The second-order valence-corrected chi connectivity index (χ2v) is 3.75. The number of rotatable bonds is 11. The number of methoxy groups -OCH3 is 1. The summed E-state index contributed by atoms with van der Waals surface area (Å²) in [5, 5.41) is 0. The quantitative estimate of drug-likeness (QED) is 0.593. The summed E-state index contributed by atoms with van der Waals surface area (Å²) < 4.78 is 21.0. The van der Waals surface area contributed by atoms with E-state index in [1.54, 1.807) is 19.4 Å². The van der Waals surface area contributed by atoms with E-state index in [1.165, 1.54) is 0 Å². The summed E-state index contributed by atoms with van der Waals surface area (Å²) in [5.74, 6) is 0.760. The number of aromatic nitrogens is 1. The van der Waals surface area contributed by atoms with E-state index in [1.807, 2.05) is 6.07 Å². The van der Waals surface area contributed by atoms with Gasteiger partial charge in [0.2, 0.25) is 0 Å². The van der Waals surface area contributed by atoms with Crippen molar-refractivity contribution in [3.8, 4) is 5.75 Å². The van der Waals surface area contributed by atoms with Crippen LogP contribution in [0.4, 0.5) is 0 Å². The molecule has 1 aromatic heterocycles. The second kappa shape index (κ2) is 10.7. The Labute approximate surface area is 113 Å². The molecule has 0 unspecified atom stereocenters. The van der Waals surface area contributed by atoms with Crippen LogP contribution in [-0.2, 0) is 20.8 Å². The van der Waals surface area contributed by atoms with E-state index in [4.69, 9.17) is 24.7 Å². The minimum absolute atomic E-state index is 0.409. The van der Waals surface area contributed by atoms with Crippen LogP contribution in [0.15, 0.2) is 18.3 Å². The number of hydrogen-bond donors (Lipinski definition) is 1. The highest BCUT2D eigenvalue weighted by Gasteiger charge is 1.97. The molecule has 19 heavy (non-hydrogen) atoms. The first-order valence-corrected chi connectivity index (χ1v) is 6.29. The lowest BCUT2D eigenvalue weighted by atomic mass is 10.3. The highest BCUT2D eigenvalue weighted by Crippen LogP contribution is 2.10. The van der Waals surface area contributed by atoms with Crippen molar-refractivity contribution in [3.05, 3.63) is 24.0 Å². The molecule has 0 aliphatic heterocycles. The van der Waals surface area contributed by atoms with E-state index in [9.17, 15) is 0 Å². The van der Waals surface area contributed by atoms with Crippen LogP contribution in [0.3, 0.4) is 0 Å². The van der Waals surface area contributed by atoms with E-state index < -0.39 is 0 Å². The van der Waals surface area contributed by atoms with Gasteiger partial charge in [0.15, 0.2) is 0 Å². The van der Waals surface area contributed by atoms with Gasteiger partial charge in [0, 0.05) is 25.9 Å². The van der Waals surface area contributed by atoms with Crippen LogP contribution in [0.2, 0.25) is 0 Å². The summed E-state index contributed by atoms with van der Waals surface area (Å²) in [7, 11) is 1.65. The smallest absolute Gasteiger partial charge is 0.122 e. The van der Waals surface area contributed by atoms with Crippen LogP contribution in [0, 0.1) is 0 Å². The first-order valence-electron chi connectivity index (χ1n) is 6.29. The number of nitrogens with two attached hydrogens (primary N) is 1. The van der Waals surface area contributed by atoms with Crippen LogP contribution >= 0.6 is 0 Å². The summed E-state index contributed by atoms with van der Waals surface area (Å²) in [6, 6.07) is 3.63. The van der Waals surface area contributed by atoms with Crippen molar-refractivity contribution in [2.75, 3.05) is 46.8 Å². The average molecular weight is 270 g/mol. The molecule has 1 rings (SSSR count). The third-order valence-electron chi connectivity index (χ3n) is 2.30. The van der Waals surface area contributed by atoms with Crippen LogP contribution in [0.1, 0.15) is 5.69 Å². The van der Waals surface area contributed by atoms with Gasteiger partial charge >= 0.3 is 0 Å². The molecule has 1 aromatic rings. The van der Waals surface area contributed by atoms with E-state index >= 15 is 0 Å². The predicted molar refractivity (Wildman–Crippen MR) is 71.1 cm³/mol. The summed E-state index contributed by atoms with van der Waals surface area (Å²) in [5.41, 5.74) is 6.31. The van der Waals surface area contributed by atoms with E-state index in [-0.39, 0.29) is 0 Å². The lowest BCUT2D eigenvalue weighted by Gasteiger charge is -2.08. The summed E-state index contributed by atoms with van der Waals surface area (Å²) in [4.78, 5) is 4.09. The van der Waals surface area contributed by atoms with Gasteiger partial charge in [-0.25, -0.2) is 0 Å². The van der Waals surface area contributed by atoms with E-state index in [0.29, 0.717) is 46.2 Å². The fraction of sp³-hybridized carbons (Fsp3) is 0.615. The molecule has 108 valence electrons. The van der Waals surface area contributed by atoms with Gasteiger partial charge in [-0.3, -0.25) is 4.98 Å². The molecule has 6 nitrogen and oxygen atoms in total. The van der Waals surface area contributed by atoms with Crippen molar-refractivity contribution in [2.45, 2.75) is 6.54 Å². The average Bonchev–Trinajstić information content (AvgIpc) is 2.46. The molecule has 0 aromatic carbocycles. The largest absolute Gasteiger partial charge is 0.491 e.